The molecule has 0 aromatic heterocycles. The Morgan fingerprint density at radius 2 is 1.63 bits per heavy atom. The summed E-state index contributed by atoms with van der Waals surface area (Å²) in [6.07, 6.45) is 2.95. The molecule has 0 amide bonds. The molecule has 0 bridgehead atoms. The molecule has 2 unspecified atom stereocenters. The zero-order chi connectivity index (χ0) is 15.0. The summed E-state index contributed by atoms with van der Waals surface area (Å²) in [5.41, 5.74) is 0.895. The van der Waals surface area contributed by atoms with E-state index in [1.807, 2.05) is 27.7 Å². The molecule has 1 N–H and O–H groups in total. The highest BCUT2D eigenvalue weighted by Crippen LogP contribution is 2.41. The van der Waals surface area contributed by atoms with E-state index in [0.29, 0.717) is 11.8 Å². The van der Waals surface area contributed by atoms with Crippen molar-refractivity contribution < 1.29 is 13.0 Å². The third kappa shape index (κ3) is 3.82. The van der Waals surface area contributed by atoms with E-state index in [-0.39, 0.29) is 17.8 Å². The summed E-state index contributed by atoms with van der Waals surface area (Å²) in [5, 5.41) is -0.720. The molecular weight excluding hydrogens is 260 g/mol. The number of allylic oxidation sites excluding steroid dienone is 1. The van der Waals surface area contributed by atoms with Gasteiger partial charge in [-0.3, -0.25) is 4.55 Å². The van der Waals surface area contributed by atoms with Crippen LogP contribution in [0.4, 0.5) is 0 Å². The second kappa shape index (κ2) is 5.96. The Morgan fingerprint density at radius 3 is 1.95 bits per heavy atom. The van der Waals surface area contributed by atoms with Gasteiger partial charge in [0.1, 0.15) is 5.25 Å². The number of hydrogen-bond donors (Lipinski definition) is 1. The van der Waals surface area contributed by atoms with Gasteiger partial charge in [0.05, 0.1) is 0 Å². The van der Waals surface area contributed by atoms with Crippen LogP contribution < -0.4 is 0 Å². The van der Waals surface area contributed by atoms with E-state index in [1.165, 1.54) is 0 Å². The van der Waals surface area contributed by atoms with Gasteiger partial charge >= 0.3 is 0 Å². The Labute approximate surface area is 118 Å². The molecule has 0 aromatic carbocycles. The van der Waals surface area contributed by atoms with Gasteiger partial charge in [-0.2, -0.15) is 8.42 Å². The number of hydrogen-bond acceptors (Lipinski definition) is 2. The lowest BCUT2D eigenvalue weighted by atomic mass is 9.71. The fourth-order valence-electron chi connectivity index (χ4n) is 3.10. The van der Waals surface area contributed by atoms with Crippen molar-refractivity contribution in [2.45, 2.75) is 53.2 Å². The molecule has 1 aliphatic rings. The van der Waals surface area contributed by atoms with E-state index < -0.39 is 15.4 Å². The molecule has 0 fully saturated rings. The van der Waals surface area contributed by atoms with Crippen LogP contribution in [-0.4, -0.2) is 18.2 Å². The Bertz CT molecular complexity index is 432. The lowest BCUT2D eigenvalue weighted by Crippen LogP contribution is -2.41. The highest BCUT2D eigenvalue weighted by atomic mass is 32.2. The predicted molar refractivity (Wildman–Crippen MR) is 79.5 cm³/mol. The van der Waals surface area contributed by atoms with Crippen LogP contribution >= 0.6 is 0 Å². The van der Waals surface area contributed by atoms with Gasteiger partial charge in [-0.25, -0.2) is 0 Å². The molecule has 112 valence electrons. The highest BCUT2D eigenvalue weighted by molar-refractivity contribution is 7.86. The smallest absolute Gasteiger partial charge is 0.271 e. The maximum atomic E-state index is 11.8. The zero-order valence-electron chi connectivity index (χ0n) is 12.9. The first-order valence-electron chi connectivity index (χ1n) is 7.23. The lowest BCUT2D eigenvalue weighted by Gasteiger charge is -2.39. The van der Waals surface area contributed by atoms with Crippen LogP contribution in [0.25, 0.3) is 0 Å². The second-order valence-corrected chi connectivity index (χ2v) is 8.35. The van der Waals surface area contributed by atoms with Crippen molar-refractivity contribution in [1.82, 2.24) is 0 Å². The van der Waals surface area contributed by atoms with Gasteiger partial charge in [0.15, 0.2) is 0 Å². The molecule has 3 atom stereocenters. The summed E-state index contributed by atoms with van der Waals surface area (Å²) in [6.45, 7) is 12.4. The van der Waals surface area contributed by atoms with Gasteiger partial charge in [-0.05, 0) is 36.0 Å². The summed E-state index contributed by atoms with van der Waals surface area (Å²) in [7, 11) is -4.03. The van der Waals surface area contributed by atoms with Crippen LogP contribution in [0.15, 0.2) is 11.6 Å². The van der Waals surface area contributed by atoms with E-state index in [4.69, 9.17) is 0 Å². The minimum Gasteiger partial charge on any atom is -0.285 e. The Balaban J connectivity index is 3.32. The Kier molecular flexibility index (Phi) is 5.24. The molecule has 0 aromatic rings. The van der Waals surface area contributed by atoms with Crippen molar-refractivity contribution in [1.29, 1.82) is 0 Å². The second-order valence-electron chi connectivity index (χ2n) is 6.81. The van der Waals surface area contributed by atoms with Crippen LogP contribution in [0.2, 0.25) is 0 Å². The molecule has 1 rings (SSSR count). The third-order valence-electron chi connectivity index (χ3n) is 4.37. The van der Waals surface area contributed by atoms with Crippen LogP contribution in [0.1, 0.15) is 48.0 Å². The number of rotatable bonds is 4. The molecule has 1 aliphatic carbocycles. The van der Waals surface area contributed by atoms with Gasteiger partial charge in [0.2, 0.25) is 0 Å². The van der Waals surface area contributed by atoms with Crippen molar-refractivity contribution in [3.05, 3.63) is 11.6 Å². The molecule has 0 spiro atoms. The summed E-state index contributed by atoms with van der Waals surface area (Å²) in [5.74, 6) is 1.30. The quantitative estimate of drug-likeness (QED) is 0.633. The highest BCUT2D eigenvalue weighted by Gasteiger charge is 2.42. The van der Waals surface area contributed by atoms with Crippen molar-refractivity contribution in [2.75, 3.05) is 0 Å². The van der Waals surface area contributed by atoms with E-state index in [1.54, 1.807) is 0 Å². The maximum Gasteiger partial charge on any atom is 0.271 e. The Hall–Kier alpha value is -0.350. The van der Waals surface area contributed by atoms with Gasteiger partial charge in [-0.15, -0.1) is 0 Å². The van der Waals surface area contributed by atoms with Crippen LogP contribution in [0, 0.1) is 29.6 Å². The molecule has 0 heterocycles. The molecule has 0 saturated heterocycles. The predicted octanol–water partition coefficient (Wildman–Crippen LogP) is 3.77. The lowest BCUT2D eigenvalue weighted by molar-refractivity contribution is 0.254. The molecular formula is C15H28O3S. The van der Waals surface area contributed by atoms with Gasteiger partial charge in [0, 0.05) is 0 Å². The van der Waals surface area contributed by atoms with Crippen molar-refractivity contribution in [3.63, 3.8) is 0 Å². The third-order valence-corrected chi connectivity index (χ3v) is 5.63. The normalized spacial score (nSPS) is 29.2. The van der Waals surface area contributed by atoms with E-state index in [2.05, 4.69) is 19.9 Å². The van der Waals surface area contributed by atoms with E-state index >= 15 is 0 Å². The summed E-state index contributed by atoms with van der Waals surface area (Å²) in [4.78, 5) is 0. The van der Waals surface area contributed by atoms with Crippen molar-refractivity contribution in [3.8, 4) is 0 Å². The van der Waals surface area contributed by atoms with Crippen LogP contribution in [0.5, 0.6) is 0 Å². The molecule has 0 saturated carbocycles. The monoisotopic (exact) mass is 288 g/mol. The van der Waals surface area contributed by atoms with Gasteiger partial charge in [-0.1, -0.05) is 53.2 Å². The standard InChI is InChI=1S/C15H28O3S/c1-9(2)12-7-13(10(3)4)15(19(16,17)18)14(8-12)11(5)6/h7,9-12,14-15H,8H2,1-6H3,(H,16,17,18)/t12-,14?,15?/m1/s1. The first-order chi connectivity index (χ1) is 8.55. The first-order valence-corrected chi connectivity index (χ1v) is 8.73. The first kappa shape index (κ1) is 16.7. The fourth-order valence-corrected chi connectivity index (χ4v) is 4.66. The molecule has 19 heavy (non-hydrogen) atoms. The summed E-state index contributed by atoms with van der Waals surface area (Å²) in [6, 6.07) is 0. The Morgan fingerprint density at radius 1 is 1.11 bits per heavy atom. The van der Waals surface area contributed by atoms with Crippen LogP contribution in [0.3, 0.4) is 0 Å². The van der Waals surface area contributed by atoms with E-state index in [0.717, 1.165) is 12.0 Å². The maximum absolute atomic E-state index is 11.8. The van der Waals surface area contributed by atoms with Crippen molar-refractivity contribution in [2.24, 2.45) is 29.6 Å². The average molecular weight is 288 g/mol. The summed E-state index contributed by atoms with van der Waals surface area (Å²) < 4.78 is 33.3. The van der Waals surface area contributed by atoms with E-state index in [9.17, 15) is 13.0 Å². The molecule has 0 radical (unpaired) electrons. The zero-order valence-corrected chi connectivity index (χ0v) is 13.7. The topological polar surface area (TPSA) is 54.4 Å². The molecule has 4 heteroatoms. The van der Waals surface area contributed by atoms with Crippen LogP contribution in [-0.2, 0) is 10.1 Å². The summed E-state index contributed by atoms with van der Waals surface area (Å²) >= 11 is 0. The SMILES string of the molecule is CC(C)C1=C[C@@H](C(C)C)CC(C(C)C)C1S(=O)(=O)O. The molecule has 0 aliphatic heterocycles. The van der Waals surface area contributed by atoms with Crippen molar-refractivity contribution >= 4 is 10.1 Å². The van der Waals surface area contributed by atoms with Gasteiger partial charge < -0.3 is 0 Å². The minimum absolute atomic E-state index is 0.00444. The van der Waals surface area contributed by atoms with Gasteiger partial charge in [0.25, 0.3) is 10.1 Å². The average Bonchev–Trinajstić information content (AvgIpc) is 2.25. The minimum atomic E-state index is -4.03. The molecule has 3 nitrogen and oxygen atoms in total. The fraction of sp³-hybridized carbons (Fsp3) is 0.867. The largest absolute Gasteiger partial charge is 0.285 e.